The summed E-state index contributed by atoms with van der Waals surface area (Å²) in [6, 6.07) is 32.0. The molecule has 4 rings (SSSR count). The molecule has 4 aromatic carbocycles. The quantitative estimate of drug-likeness (QED) is 0.326. The van der Waals surface area contributed by atoms with Crippen molar-refractivity contribution in [2.24, 2.45) is 0 Å². The molecule has 0 saturated heterocycles. The molecule has 3 heteroatoms. The van der Waals surface area contributed by atoms with Crippen LogP contribution >= 0.6 is 0 Å². The van der Waals surface area contributed by atoms with Crippen LogP contribution in [0.15, 0.2) is 103 Å². The summed E-state index contributed by atoms with van der Waals surface area (Å²) in [5, 5.41) is 21.1. The molecule has 0 bridgehead atoms. The second-order valence-corrected chi connectivity index (χ2v) is 7.27. The zero-order valence-electron chi connectivity index (χ0n) is 16.4. The Morgan fingerprint density at radius 3 is 1.70 bits per heavy atom. The van der Waals surface area contributed by atoms with Crippen LogP contribution in [0.5, 0.6) is 11.5 Å². The van der Waals surface area contributed by atoms with E-state index in [9.17, 15) is 15.0 Å². The van der Waals surface area contributed by atoms with Crippen molar-refractivity contribution in [2.75, 3.05) is 0 Å². The summed E-state index contributed by atoms with van der Waals surface area (Å²) >= 11 is 0. The second kappa shape index (κ2) is 8.66. The Morgan fingerprint density at radius 2 is 1.17 bits per heavy atom. The Hall–Kier alpha value is -3.85. The molecule has 0 aliphatic heterocycles. The number of hydrogen-bond acceptors (Lipinski definition) is 3. The van der Waals surface area contributed by atoms with Gasteiger partial charge in [0.15, 0.2) is 5.78 Å². The molecule has 0 saturated carbocycles. The Labute approximate surface area is 175 Å². The summed E-state index contributed by atoms with van der Waals surface area (Å²) in [5.41, 5.74) is 3.65. The number of Topliss-reactive ketones (excluding diaryl/α,β-unsaturated/α-hetero) is 1. The van der Waals surface area contributed by atoms with E-state index in [1.165, 1.54) is 6.07 Å². The zero-order valence-corrected chi connectivity index (χ0v) is 16.4. The maximum absolute atomic E-state index is 13.0. The first-order valence-electron chi connectivity index (χ1n) is 9.86. The number of phenolic OH excluding ortho intramolecular Hbond substituents is 2. The van der Waals surface area contributed by atoms with Gasteiger partial charge in [0.25, 0.3) is 0 Å². The molecular formula is C27H22O3. The van der Waals surface area contributed by atoms with E-state index in [1.807, 2.05) is 91.0 Å². The van der Waals surface area contributed by atoms with Crippen LogP contribution in [0.3, 0.4) is 0 Å². The van der Waals surface area contributed by atoms with Crippen molar-refractivity contribution >= 4 is 5.78 Å². The third-order valence-electron chi connectivity index (χ3n) is 5.23. The molecule has 2 N–H and O–H groups in total. The van der Waals surface area contributed by atoms with Gasteiger partial charge in [-0.3, -0.25) is 4.79 Å². The molecule has 0 radical (unpaired) electrons. The highest BCUT2D eigenvalue weighted by Crippen LogP contribution is 2.40. The Kier molecular flexibility index (Phi) is 5.62. The minimum Gasteiger partial charge on any atom is -0.507 e. The van der Waals surface area contributed by atoms with Crippen molar-refractivity contribution in [3.8, 4) is 11.5 Å². The van der Waals surface area contributed by atoms with Gasteiger partial charge in [0.1, 0.15) is 11.5 Å². The SMILES string of the molecule is O=C(Cc1ccccc1)c1cc(C(c2ccccc2)c2ccccc2)c(O)cc1O. The maximum atomic E-state index is 13.0. The van der Waals surface area contributed by atoms with Crippen LogP contribution in [-0.2, 0) is 6.42 Å². The third-order valence-corrected chi connectivity index (χ3v) is 5.23. The molecule has 0 aliphatic rings. The highest BCUT2D eigenvalue weighted by molar-refractivity contribution is 6.00. The van der Waals surface area contributed by atoms with Crippen molar-refractivity contribution in [3.05, 3.63) is 131 Å². The number of aromatic hydroxyl groups is 2. The normalized spacial score (nSPS) is 10.8. The topological polar surface area (TPSA) is 57.5 Å². The zero-order chi connectivity index (χ0) is 20.9. The first-order valence-corrected chi connectivity index (χ1v) is 9.86. The lowest BCUT2D eigenvalue weighted by Gasteiger charge is -2.21. The molecular weight excluding hydrogens is 372 g/mol. The van der Waals surface area contributed by atoms with E-state index in [0.29, 0.717) is 5.56 Å². The van der Waals surface area contributed by atoms with Crippen molar-refractivity contribution in [2.45, 2.75) is 12.3 Å². The molecule has 0 unspecified atom stereocenters. The smallest absolute Gasteiger partial charge is 0.170 e. The van der Waals surface area contributed by atoms with E-state index in [0.717, 1.165) is 16.7 Å². The van der Waals surface area contributed by atoms with Gasteiger partial charge < -0.3 is 10.2 Å². The van der Waals surface area contributed by atoms with Crippen LogP contribution in [0.2, 0.25) is 0 Å². The summed E-state index contributed by atoms with van der Waals surface area (Å²) in [6.07, 6.45) is 0.181. The Balaban J connectivity index is 1.80. The van der Waals surface area contributed by atoms with E-state index in [-0.39, 0.29) is 35.2 Å². The van der Waals surface area contributed by atoms with Crippen molar-refractivity contribution in [1.82, 2.24) is 0 Å². The summed E-state index contributed by atoms with van der Waals surface area (Å²) < 4.78 is 0. The molecule has 30 heavy (non-hydrogen) atoms. The highest BCUT2D eigenvalue weighted by Gasteiger charge is 2.23. The number of phenols is 2. The van der Waals surface area contributed by atoms with Gasteiger partial charge >= 0.3 is 0 Å². The summed E-state index contributed by atoms with van der Waals surface area (Å²) in [7, 11) is 0. The number of carbonyl (C=O) groups excluding carboxylic acids is 1. The highest BCUT2D eigenvalue weighted by atomic mass is 16.3. The second-order valence-electron chi connectivity index (χ2n) is 7.27. The number of ketones is 1. The van der Waals surface area contributed by atoms with Gasteiger partial charge in [0.05, 0.1) is 5.56 Å². The summed E-state index contributed by atoms with van der Waals surface area (Å²) in [4.78, 5) is 13.0. The molecule has 0 heterocycles. The molecule has 0 fully saturated rings. The number of rotatable bonds is 6. The van der Waals surface area contributed by atoms with E-state index in [1.54, 1.807) is 6.07 Å². The van der Waals surface area contributed by atoms with Gasteiger partial charge in [0.2, 0.25) is 0 Å². The van der Waals surface area contributed by atoms with Crippen molar-refractivity contribution < 1.29 is 15.0 Å². The van der Waals surface area contributed by atoms with Crippen LogP contribution in [0.4, 0.5) is 0 Å². The molecule has 0 aromatic heterocycles. The standard InChI is InChI=1S/C27H22O3/c28-24(16-19-10-4-1-5-11-19)22-17-23(26(30)18-25(22)29)27(20-12-6-2-7-13-20)21-14-8-3-9-15-21/h1-15,17-18,27,29-30H,16H2. The van der Waals surface area contributed by atoms with E-state index < -0.39 is 0 Å². The van der Waals surface area contributed by atoms with Crippen molar-refractivity contribution in [3.63, 3.8) is 0 Å². The summed E-state index contributed by atoms with van der Waals surface area (Å²) in [5.74, 6) is -0.713. The van der Waals surface area contributed by atoms with Crippen molar-refractivity contribution in [1.29, 1.82) is 0 Å². The average Bonchev–Trinajstić information content (AvgIpc) is 2.77. The van der Waals surface area contributed by atoms with Crippen LogP contribution in [0.1, 0.15) is 38.5 Å². The van der Waals surface area contributed by atoms with E-state index >= 15 is 0 Å². The van der Waals surface area contributed by atoms with Crippen LogP contribution < -0.4 is 0 Å². The molecule has 4 aromatic rings. The number of hydrogen-bond donors (Lipinski definition) is 2. The largest absolute Gasteiger partial charge is 0.507 e. The van der Waals surface area contributed by atoms with Gasteiger partial charge in [0, 0.05) is 24.0 Å². The lowest BCUT2D eigenvalue weighted by Crippen LogP contribution is -2.08. The molecule has 0 aliphatic carbocycles. The maximum Gasteiger partial charge on any atom is 0.170 e. The number of benzene rings is 4. The minimum atomic E-state index is -0.267. The summed E-state index contributed by atoms with van der Waals surface area (Å²) in [6.45, 7) is 0. The van der Waals surface area contributed by atoms with Crippen LogP contribution in [0.25, 0.3) is 0 Å². The van der Waals surface area contributed by atoms with Crippen LogP contribution in [-0.4, -0.2) is 16.0 Å². The fourth-order valence-corrected chi connectivity index (χ4v) is 3.77. The van der Waals surface area contributed by atoms with E-state index in [4.69, 9.17) is 0 Å². The Bertz CT molecular complexity index is 1100. The Morgan fingerprint density at radius 1 is 0.667 bits per heavy atom. The van der Waals surface area contributed by atoms with Gasteiger partial charge in [-0.2, -0.15) is 0 Å². The van der Waals surface area contributed by atoms with Gasteiger partial charge in [-0.15, -0.1) is 0 Å². The fraction of sp³-hybridized carbons (Fsp3) is 0.0741. The lowest BCUT2D eigenvalue weighted by atomic mass is 9.83. The molecule has 0 amide bonds. The van der Waals surface area contributed by atoms with Gasteiger partial charge in [-0.05, 0) is 22.8 Å². The molecule has 148 valence electrons. The molecule has 3 nitrogen and oxygen atoms in total. The van der Waals surface area contributed by atoms with Crippen LogP contribution in [0, 0.1) is 0 Å². The van der Waals surface area contributed by atoms with E-state index in [2.05, 4.69) is 0 Å². The lowest BCUT2D eigenvalue weighted by molar-refractivity contribution is 0.0990. The predicted molar refractivity (Wildman–Crippen MR) is 118 cm³/mol. The fourth-order valence-electron chi connectivity index (χ4n) is 3.77. The number of carbonyl (C=O) groups is 1. The molecule has 0 spiro atoms. The predicted octanol–water partition coefficient (Wildman–Crippen LogP) is 5.70. The van der Waals surface area contributed by atoms with Gasteiger partial charge in [-0.1, -0.05) is 91.0 Å². The average molecular weight is 394 g/mol. The first kappa shape index (κ1) is 19.5. The third kappa shape index (κ3) is 4.11. The first-order chi connectivity index (χ1) is 14.6. The van der Waals surface area contributed by atoms with Gasteiger partial charge in [-0.25, -0.2) is 0 Å². The monoisotopic (exact) mass is 394 g/mol. The molecule has 0 atom stereocenters. The minimum absolute atomic E-state index is 0.0403.